The van der Waals surface area contributed by atoms with E-state index in [0.717, 1.165) is 43.8 Å². The van der Waals surface area contributed by atoms with Crippen molar-refractivity contribution in [3.63, 3.8) is 0 Å². The van der Waals surface area contributed by atoms with Crippen molar-refractivity contribution in [2.45, 2.75) is 69.2 Å². The Bertz CT molecular complexity index is 908. The van der Waals surface area contributed by atoms with Gasteiger partial charge in [-0.15, -0.1) is 0 Å². The zero-order valence-electron chi connectivity index (χ0n) is 17.9. The summed E-state index contributed by atoms with van der Waals surface area (Å²) in [4.78, 5) is 15.1. The molecule has 30 heavy (non-hydrogen) atoms. The normalized spacial score (nSPS) is 27.9. The first-order chi connectivity index (χ1) is 14.7. The minimum Gasteiger partial charge on any atom is -0.508 e. The van der Waals surface area contributed by atoms with Crippen molar-refractivity contribution in [3.05, 3.63) is 65.2 Å². The molecule has 0 spiro atoms. The van der Waals surface area contributed by atoms with Crippen LogP contribution in [-0.2, 0) is 11.8 Å². The Morgan fingerprint density at radius 3 is 2.80 bits per heavy atom. The van der Waals surface area contributed by atoms with Gasteiger partial charge in [0.05, 0.1) is 0 Å². The van der Waals surface area contributed by atoms with Crippen LogP contribution in [0, 0.1) is 5.92 Å². The average Bonchev–Trinajstić information content (AvgIpc) is 2.79. The molecule has 3 atom stereocenters. The van der Waals surface area contributed by atoms with Gasteiger partial charge in [0.25, 0.3) is 0 Å². The van der Waals surface area contributed by atoms with Gasteiger partial charge in [-0.25, -0.2) is 0 Å². The van der Waals surface area contributed by atoms with E-state index in [-0.39, 0.29) is 11.2 Å². The summed E-state index contributed by atoms with van der Waals surface area (Å²) in [6.07, 6.45) is 10.3. The van der Waals surface area contributed by atoms with E-state index >= 15 is 0 Å². The number of phenols is 1. The molecule has 1 saturated carbocycles. The molecule has 3 aliphatic rings. The molecule has 5 rings (SSSR count). The predicted molar refractivity (Wildman–Crippen MR) is 120 cm³/mol. The van der Waals surface area contributed by atoms with Gasteiger partial charge in [0.1, 0.15) is 5.75 Å². The number of nitrogens with zero attached hydrogens (tertiary/aromatic N) is 1. The molecule has 158 valence electrons. The number of carbonyl (C=O) groups is 1. The lowest BCUT2D eigenvalue weighted by molar-refractivity contribution is -0.0119. The molecule has 2 fully saturated rings. The number of carbonyl (C=O) groups excluding carboxylic acids is 1. The maximum absolute atomic E-state index is 12.4. The fourth-order valence-corrected chi connectivity index (χ4v) is 6.72. The largest absolute Gasteiger partial charge is 0.508 e. The lowest BCUT2D eigenvalue weighted by Crippen LogP contribution is -2.61. The van der Waals surface area contributed by atoms with Gasteiger partial charge < -0.3 is 5.11 Å². The SMILES string of the molecule is O=C(CCCCN1CC[C@]23CCCC[C@H]2[C@H]1Cc1ccc(O)cc13)c1ccccc1. The van der Waals surface area contributed by atoms with E-state index in [1.807, 2.05) is 36.4 Å². The molecule has 1 saturated heterocycles. The van der Waals surface area contributed by atoms with Crippen LogP contribution in [0.4, 0.5) is 0 Å². The minimum atomic E-state index is 0.270. The fourth-order valence-electron chi connectivity index (χ4n) is 6.72. The highest BCUT2D eigenvalue weighted by Gasteiger charge is 2.53. The molecule has 2 aromatic rings. The van der Waals surface area contributed by atoms with Crippen LogP contribution in [0.25, 0.3) is 0 Å². The molecule has 2 aliphatic carbocycles. The molecule has 2 bridgehead atoms. The van der Waals surface area contributed by atoms with E-state index in [1.165, 1.54) is 43.2 Å². The van der Waals surface area contributed by atoms with Crippen molar-refractivity contribution < 1.29 is 9.90 Å². The van der Waals surface area contributed by atoms with E-state index in [2.05, 4.69) is 17.0 Å². The van der Waals surface area contributed by atoms with Crippen molar-refractivity contribution in [3.8, 4) is 5.75 Å². The molecule has 1 N–H and O–H groups in total. The second-order valence-corrected chi connectivity index (χ2v) is 9.65. The average molecular weight is 404 g/mol. The predicted octanol–water partition coefficient (Wildman–Crippen LogP) is 5.50. The number of piperidine rings is 1. The Hall–Kier alpha value is -2.13. The Labute approximate surface area is 180 Å². The number of hydrogen-bond acceptors (Lipinski definition) is 3. The monoisotopic (exact) mass is 403 g/mol. The summed E-state index contributed by atoms with van der Waals surface area (Å²) in [5.41, 5.74) is 4.04. The number of fused-ring (bicyclic) bond motifs is 1. The van der Waals surface area contributed by atoms with Gasteiger partial charge >= 0.3 is 0 Å². The van der Waals surface area contributed by atoms with E-state index in [1.54, 1.807) is 0 Å². The van der Waals surface area contributed by atoms with Crippen LogP contribution >= 0.6 is 0 Å². The molecular weight excluding hydrogens is 370 g/mol. The van der Waals surface area contributed by atoms with Crippen LogP contribution < -0.4 is 0 Å². The van der Waals surface area contributed by atoms with Crippen molar-refractivity contribution in [2.24, 2.45) is 5.92 Å². The van der Waals surface area contributed by atoms with Crippen molar-refractivity contribution in [1.82, 2.24) is 4.90 Å². The van der Waals surface area contributed by atoms with Gasteiger partial charge in [-0.2, -0.15) is 0 Å². The maximum atomic E-state index is 12.4. The quantitative estimate of drug-likeness (QED) is 0.511. The number of ketones is 1. The third-order valence-corrected chi connectivity index (χ3v) is 8.13. The summed E-state index contributed by atoms with van der Waals surface area (Å²) in [5, 5.41) is 10.2. The van der Waals surface area contributed by atoms with Crippen molar-refractivity contribution in [1.29, 1.82) is 0 Å². The van der Waals surface area contributed by atoms with Crippen LogP contribution in [0.15, 0.2) is 48.5 Å². The Morgan fingerprint density at radius 2 is 1.93 bits per heavy atom. The highest BCUT2D eigenvalue weighted by Crippen LogP contribution is 2.56. The van der Waals surface area contributed by atoms with Crippen LogP contribution in [0.2, 0.25) is 0 Å². The Balaban J connectivity index is 1.25. The van der Waals surface area contributed by atoms with E-state index in [4.69, 9.17) is 0 Å². The first-order valence-electron chi connectivity index (χ1n) is 11.8. The number of Topliss-reactive ketones (excluding diaryl/α,β-unsaturated/α-hetero) is 1. The van der Waals surface area contributed by atoms with E-state index < -0.39 is 0 Å². The second-order valence-electron chi connectivity index (χ2n) is 9.65. The first kappa shape index (κ1) is 19.8. The number of phenolic OH excluding ortho intramolecular Hbond substituents is 1. The molecular formula is C27H33NO2. The smallest absolute Gasteiger partial charge is 0.162 e. The number of rotatable bonds is 6. The molecule has 2 aromatic carbocycles. The van der Waals surface area contributed by atoms with E-state index in [9.17, 15) is 9.90 Å². The van der Waals surface area contributed by atoms with Crippen LogP contribution in [0.5, 0.6) is 5.75 Å². The van der Waals surface area contributed by atoms with Crippen LogP contribution in [0.3, 0.4) is 0 Å². The first-order valence-corrected chi connectivity index (χ1v) is 11.8. The number of benzene rings is 2. The highest BCUT2D eigenvalue weighted by atomic mass is 16.3. The van der Waals surface area contributed by atoms with Gasteiger partial charge in [0.2, 0.25) is 0 Å². The van der Waals surface area contributed by atoms with Gasteiger partial charge in [-0.3, -0.25) is 9.69 Å². The number of hydrogen-bond donors (Lipinski definition) is 1. The van der Waals surface area contributed by atoms with Gasteiger partial charge in [0.15, 0.2) is 5.78 Å². The fraction of sp³-hybridized carbons (Fsp3) is 0.519. The molecule has 1 aliphatic heterocycles. The van der Waals surface area contributed by atoms with E-state index in [0.29, 0.717) is 18.2 Å². The summed E-state index contributed by atoms with van der Waals surface area (Å²) in [7, 11) is 0. The van der Waals surface area contributed by atoms with Crippen molar-refractivity contribution >= 4 is 5.78 Å². The Morgan fingerprint density at radius 1 is 1.07 bits per heavy atom. The summed E-state index contributed by atoms with van der Waals surface area (Å²) < 4.78 is 0. The Kier molecular flexibility index (Phi) is 5.41. The third-order valence-electron chi connectivity index (χ3n) is 8.13. The van der Waals surface area contributed by atoms with Crippen LogP contribution in [0.1, 0.15) is 72.9 Å². The summed E-state index contributed by atoms with van der Waals surface area (Å²) in [6, 6.07) is 16.4. The zero-order valence-corrected chi connectivity index (χ0v) is 17.9. The minimum absolute atomic E-state index is 0.270. The lowest BCUT2D eigenvalue weighted by Gasteiger charge is -2.59. The summed E-state index contributed by atoms with van der Waals surface area (Å²) in [5.74, 6) is 1.42. The topological polar surface area (TPSA) is 40.5 Å². The molecule has 3 nitrogen and oxygen atoms in total. The van der Waals surface area contributed by atoms with Gasteiger partial charge in [-0.05, 0) is 80.8 Å². The summed E-state index contributed by atoms with van der Waals surface area (Å²) in [6.45, 7) is 2.26. The zero-order chi connectivity index (χ0) is 20.6. The molecule has 0 unspecified atom stereocenters. The van der Waals surface area contributed by atoms with Crippen LogP contribution in [-0.4, -0.2) is 34.9 Å². The third kappa shape index (κ3) is 3.47. The lowest BCUT2D eigenvalue weighted by atomic mass is 9.52. The summed E-state index contributed by atoms with van der Waals surface area (Å²) >= 11 is 0. The highest BCUT2D eigenvalue weighted by molar-refractivity contribution is 5.95. The maximum Gasteiger partial charge on any atom is 0.162 e. The molecule has 3 heteroatoms. The van der Waals surface area contributed by atoms with Gasteiger partial charge in [0, 0.05) is 23.4 Å². The second kappa shape index (κ2) is 8.19. The molecule has 1 heterocycles. The van der Waals surface area contributed by atoms with Gasteiger partial charge in [-0.1, -0.05) is 49.2 Å². The number of unbranched alkanes of at least 4 members (excludes halogenated alkanes) is 1. The standard InChI is InChI=1S/C27H33NO2/c29-22-13-12-21-18-25-23-10-4-6-14-27(23,24(21)19-22)15-17-28(25)16-7-5-11-26(30)20-8-2-1-3-9-20/h1-3,8-9,12-13,19,23,25,29H,4-7,10-11,14-18H2/t23-,25+,27+/m0/s1. The number of likely N-dealkylation sites (tertiary alicyclic amines) is 1. The molecule has 0 aromatic heterocycles. The van der Waals surface area contributed by atoms with Crippen molar-refractivity contribution in [2.75, 3.05) is 13.1 Å². The molecule has 0 radical (unpaired) electrons. The molecule has 0 amide bonds. The number of aromatic hydroxyl groups is 1.